The monoisotopic (exact) mass is 262 g/mol. The number of nitrogens with zero attached hydrogens (tertiary/aromatic N) is 1. The topological polar surface area (TPSA) is 34.1 Å². The average Bonchev–Trinajstić information content (AvgIpc) is 2.46. The van der Waals surface area contributed by atoms with Crippen molar-refractivity contribution in [3.63, 3.8) is 0 Å². The maximum Gasteiger partial charge on any atom is 0.0545 e. The summed E-state index contributed by atoms with van der Waals surface area (Å²) in [5.41, 5.74) is 2.32. The highest BCUT2D eigenvalue weighted by atomic mass is 16.5. The van der Waals surface area contributed by atoms with E-state index in [1.807, 2.05) is 0 Å². The quantitative estimate of drug-likeness (QED) is 0.885. The van der Waals surface area contributed by atoms with Crippen molar-refractivity contribution in [2.75, 3.05) is 13.2 Å². The van der Waals surface area contributed by atoms with E-state index >= 15 is 0 Å². The zero-order chi connectivity index (χ0) is 13.7. The maximum absolute atomic E-state index is 5.41. The summed E-state index contributed by atoms with van der Waals surface area (Å²) in [4.78, 5) is 4.70. The van der Waals surface area contributed by atoms with Gasteiger partial charge in [0.15, 0.2) is 0 Å². The van der Waals surface area contributed by atoms with Crippen LogP contribution in [0.15, 0.2) is 18.2 Å². The van der Waals surface area contributed by atoms with Crippen LogP contribution in [-0.2, 0) is 11.3 Å². The minimum atomic E-state index is 0.493. The van der Waals surface area contributed by atoms with Crippen molar-refractivity contribution in [1.82, 2.24) is 10.3 Å². The van der Waals surface area contributed by atoms with E-state index in [0.717, 1.165) is 31.4 Å². The van der Waals surface area contributed by atoms with Crippen molar-refractivity contribution < 1.29 is 4.74 Å². The van der Waals surface area contributed by atoms with Gasteiger partial charge in [-0.05, 0) is 43.7 Å². The highest BCUT2D eigenvalue weighted by molar-refractivity contribution is 5.13. The molecule has 0 bridgehead atoms. The fourth-order valence-corrected chi connectivity index (χ4v) is 2.57. The van der Waals surface area contributed by atoms with E-state index in [1.54, 1.807) is 0 Å². The van der Waals surface area contributed by atoms with Gasteiger partial charge in [-0.25, -0.2) is 0 Å². The zero-order valence-electron chi connectivity index (χ0n) is 12.4. The standard InChI is InChI=1S/C16H26N2O/c1-12(2)16-6-4-5-15(18-16)11-17-13(3)14-7-9-19-10-8-14/h4-6,12-14,17H,7-11H2,1-3H3/t13-/m0/s1. The van der Waals surface area contributed by atoms with Crippen molar-refractivity contribution in [3.8, 4) is 0 Å². The number of hydrogen-bond acceptors (Lipinski definition) is 3. The summed E-state index contributed by atoms with van der Waals surface area (Å²) in [5, 5.41) is 3.62. The SMILES string of the molecule is CC(C)c1cccc(CN[C@@H](C)C2CCOCC2)n1. The van der Waals surface area contributed by atoms with Gasteiger partial charge in [0.1, 0.15) is 0 Å². The first-order chi connectivity index (χ1) is 9.16. The first kappa shape index (κ1) is 14.5. The van der Waals surface area contributed by atoms with E-state index in [-0.39, 0.29) is 0 Å². The molecule has 106 valence electrons. The Hall–Kier alpha value is -0.930. The summed E-state index contributed by atoms with van der Waals surface area (Å²) in [5.74, 6) is 1.23. The summed E-state index contributed by atoms with van der Waals surface area (Å²) in [6, 6.07) is 6.86. The second-order valence-electron chi connectivity index (χ2n) is 5.83. The van der Waals surface area contributed by atoms with Crippen molar-refractivity contribution in [2.45, 2.75) is 52.1 Å². The lowest BCUT2D eigenvalue weighted by molar-refractivity contribution is 0.0557. The fourth-order valence-electron chi connectivity index (χ4n) is 2.57. The normalized spacial score (nSPS) is 18.7. The van der Waals surface area contributed by atoms with Crippen LogP contribution in [0.5, 0.6) is 0 Å². The van der Waals surface area contributed by atoms with Crippen molar-refractivity contribution in [3.05, 3.63) is 29.6 Å². The molecule has 3 heteroatoms. The summed E-state index contributed by atoms with van der Waals surface area (Å²) in [7, 11) is 0. The molecule has 1 aromatic rings. The molecule has 0 aliphatic carbocycles. The number of aromatic nitrogens is 1. The van der Waals surface area contributed by atoms with Crippen LogP contribution in [0.3, 0.4) is 0 Å². The highest BCUT2D eigenvalue weighted by Crippen LogP contribution is 2.19. The smallest absolute Gasteiger partial charge is 0.0545 e. The van der Waals surface area contributed by atoms with E-state index in [2.05, 4.69) is 44.3 Å². The molecule has 19 heavy (non-hydrogen) atoms. The highest BCUT2D eigenvalue weighted by Gasteiger charge is 2.19. The second kappa shape index (κ2) is 7.01. The van der Waals surface area contributed by atoms with Crippen LogP contribution in [0, 0.1) is 5.92 Å². The first-order valence-corrected chi connectivity index (χ1v) is 7.43. The van der Waals surface area contributed by atoms with Gasteiger partial charge in [-0.3, -0.25) is 4.98 Å². The average molecular weight is 262 g/mol. The van der Waals surface area contributed by atoms with Crippen LogP contribution in [0.1, 0.15) is 50.9 Å². The van der Waals surface area contributed by atoms with Crippen molar-refractivity contribution >= 4 is 0 Å². The predicted octanol–water partition coefficient (Wildman–Crippen LogP) is 3.11. The molecule has 0 unspecified atom stereocenters. The van der Waals surface area contributed by atoms with Crippen LogP contribution in [0.25, 0.3) is 0 Å². The molecule has 1 atom stereocenters. The van der Waals surface area contributed by atoms with E-state index in [9.17, 15) is 0 Å². The molecule has 1 fully saturated rings. The molecule has 1 aliphatic heterocycles. The Morgan fingerprint density at radius 1 is 1.26 bits per heavy atom. The molecular formula is C16H26N2O. The van der Waals surface area contributed by atoms with Crippen LogP contribution < -0.4 is 5.32 Å². The van der Waals surface area contributed by atoms with Gasteiger partial charge in [0.05, 0.1) is 5.69 Å². The Morgan fingerprint density at radius 3 is 2.68 bits per heavy atom. The summed E-state index contributed by atoms with van der Waals surface area (Å²) < 4.78 is 5.41. The Balaban J connectivity index is 1.85. The van der Waals surface area contributed by atoms with Gasteiger partial charge < -0.3 is 10.1 Å². The predicted molar refractivity (Wildman–Crippen MR) is 78.2 cm³/mol. The molecule has 0 spiro atoms. The molecule has 1 N–H and O–H groups in total. The Labute approximate surface area is 116 Å². The summed E-state index contributed by atoms with van der Waals surface area (Å²) in [6.07, 6.45) is 2.35. The molecule has 0 radical (unpaired) electrons. The largest absolute Gasteiger partial charge is 0.381 e. The number of rotatable bonds is 5. The van der Waals surface area contributed by atoms with Crippen molar-refractivity contribution in [1.29, 1.82) is 0 Å². The van der Waals surface area contributed by atoms with E-state index < -0.39 is 0 Å². The first-order valence-electron chi connectivity index (χ1n) is 7.43. The third kappa shape index (κ3) is 4.29. The molecule has 1 saturated heterocycles. The van der Waals surface area contributed by atoms with Crippen LogP contribution in [-0.4, -0.2) is 24.2 Å². The van der Waals surface area contributed by atoms with Gasteiger partial charge in [0.25, 0.3) is 0 Å². The maximum atomic E-state index is 5.41. The van der Waals surface area contributed by atoms with Crippen molar-refractivity contribution in [2.24, 2.45) is 5.92 Å². The Bertz CT molecular complexity index is 386. The number of ether oxygens (including phenoxy) is 1. The molecule has 2 heterocycles. The molecule has 0 saturated carbocycles. The Kier molecular flexibility index (Phi) is 5.34. The van der Waals surface area contributed by atoms with E-state index in [1.165, 1.54) is 18.5 Å². The van der Waals surface area contributed by atoms with Gasteiger partial charge in [0, 0.05) is 31.5 Å². The number of nitrogens with one attached hydrogen (secondary N) is 1. The fraction of sp³-hybridized carbons (Fsp3) is 0.688. The number of hydrogen-bond donors (Lipinski definition) is 1. The second-order valence-corrected chi connectivity index (χ2v) is 5.83. The third-order valence-corrected chi connectivity index (χ3v) is 4.00. The zero-order valence-corrected chi connectivity index (χ0v) is 12.4. The van der Waals surface area contributed by atoms with E-state index in [0.29, 0.717) is 12.0 Å². The van der Waals surface area contributed by atoms with E-state index in [4.69, 9.17) is 9.72 Å². The number of pyridine rings is 1. The van der Waals surface area contributed by atoms with Gasteiger partial charge in [-0.15, -0.1) is 0 Å². The molecule has 1 aliphatic rings. The van der Waals surface area contributed by atoms with Gasteiger partial charge in [0.2, 0.25) is 0 Å². The lowest BCUT2D eigenvalue weighted by atomic mass is 9.93. The van der Waals surface area contributed by atoms with Gasteiger partial charge in [-0.2, -0.15) is 0 Å². The molecule has 2 rings (SSSR count). The van der Waals surface area contributed by atoms with Crippen LogP contribution in [0.2, 0.25) is 0 Å². The summed E-state index contributed by atoms with van der Waals surface area (Å²) >= 11 is 0. The molecule has 0 aromatic carbocycles. The minimum Gasteiger partial charge on any atom is -0.381 e. The lowest BCUT2D eigenvalue weighted by Crippen LogP contribution is -2.36. The van der Waals surface area contributed by atoms with Crippen LogP contribution >= 0.6 is 0 Å². The minimum absolute atomic E-state index is 0.493. The molecule has 0 amide bonds. The third-order valence-electron chi connectivity index (χ3n) is 4.00. The van der Waals surface area contributed by atoms with Crippen LogP contribution in [0.4, 0.5) is 0 Å². The lowest BCUT2D eigenvalue weighted by Gasteiger charge is -2.28. The molecular weight excluding hydrogens is 236 g/mol. The van der Waals surface area contributed by atoms with Gasteiger partial charge >= 0.3 is 0 Å². The van der Waals surface area contributed by atoms with Gasteiger partial charge in [-0.1, -0.05) is 19.9 Å². The molecule has 1 aromatic heterocycles. The summed E-state index contributed by atoms with van der Waals surface area (Å²) in [6.45, 7) is 9.34. The Morgan fingerprint density at radius 2 is 2.00 bits per heavy atom. The molecule has 3 nitrogen and oxygen atoms in total.